The quantitative estimate of drug-likeness (QED) is 0.137. The van der Waals surface area contributed by atoms with Crippen molar-refractivity contribution < 1.29 is 8.83 Å². The van der Waals surface area contributed by atoms with Gasteiger partial charge in [-0.3, -0.25) is 0 Å². The summed E-state index contributed by atoms with van der Waals surface area (Å²) in [5.41, 5.74) is 37.5. The minimum atomic E-state index is -0.0855. The fraction of sp³-hybridized carbons (Fsp3) is 0.0265. The van der Waals surface area contributed by atoms with E-state index in [4.69, 9.17) is 8.83 Å². The predicted molar refractivity (Wildman–Crippen MR) is 498 cm³/mol. The molecule has 4 heterocycles. The number of benzene rings is 19. The summed E-state index contributed by atoms with van der Waals surface area (Å²) in [7, 11) is 0. The lowest BCUT2D eigenvalue weighted by molar-refractivity contribution is 0.660. The number of rotatable bonds is 10. The first-order chi connectivity index (χ1) is 58.8. The highest BCUT2D eigenvalue weighted by Crippen LogP contribution is 2.58. The molecule has 0 N–H and O–H groups in total. The van der Waals surface area contributed by atoms with Crippen LogP contribution in [0.15, 0.2) is 409 Å². The zero-order valence-electron chi connectivity index (χ0n) is 65.2. The largest absolute Gasteiger partial charge is 0.455 e. The van der Waals surface area contributed by atoms with Gasteiger partial charge in [-0.25, -0.2) is 0 Å². The van der Waals surface area contributed by atoms with Crippen LogP contribution in [-0.2, 0) is 5.41 Å². The summed E-state index contributed by atoms with van der Waals surface area (Å²) in [6.45, 7) is 4.70. The molecule has 3 aliphatic rings. The highest BCUT2D eigenvalue weighted by Gasteiger charge is 2.37. The average molecular weight is 1520 g/mol. The van der Waals surface area contributed by atoms with Gasteiger partial charge in [0.25, 0.3) is 0 Å². The van der Waals surface area contributed by atoms with Gasteiger partial charge in [-0.05, 0) is 210 Å². The van der Waals surface area contributed by atoms with Crippen molar-refractivity contribution in [2.24, 2.45) is 0 Å². The van der Waals surface area contributed by atoms with E-state index in [2.05, 4.69) is 433 Å². The SMILES string of the molecule is CC1(C)c2ccccc2-c2ccc(N(c3ccccc3)c3ccc(-c4ccc(-n5c6cccc7c6c6c8c(cccc8c8oc9ccccc9c8c65)-c5ccccc5-7)cc4)cc3)cc21.c1ccc(N(c2ccccc2)c2ccc(-c3ccc(-n4c5cccc6c5c5c7c(cccc7c7oc8ccccc8c7c54)-c4ccccc4-6)cc3)cc2)cc1. The molecule has 0 radical (unpaired) electrons. The maximum atomic E-state index is 6.85. The molecule has 0 amide bonds. The Kier molecular flexibility index (Phi) is 14.5. The van der Waals surface area contributed by atoms with Crippen LogP contribution in [0.4, 0.5) is 34.1 Å². The molecule has 0 unspecified atom stereocenters. The normalized spacial score (nSPS) is 12.7. The van der Waals surface area contributed by atoms with E-state index in [0.717, 1.165) is 100 Å². The summed E-state index contributed by atoms with van der Waals surface area (Å²) in [5, 5.41) is 14.5. The molecule has 0 fully saturated rings. The van der Waals surface area contributed by atoms with E-state index in [1.165, 1.54) is 143 Å². The Morgan fingerprint density at radius 2 is 0.529 bits per heavy atom. The summed E-state index contributed by atoms with van der Waals surface area (Å²) in [4.78, 5) is 4.68. The van der Waals surface area contributed by atoms with E-state index in [9.17, 15) is 0 Å². The Morgan fingerprint density at radius 3 is 0.958 bits per heavy atom. The predicted octanol–water partition coefficient (Wildman–Crippen LogP) is 31.5. The number of para-hydroxylation sites is 5. The molecule has 4 aromatic heterocycles. The van der Waals surface area contributed by atoms with Crippen molar-refractivity contribution in [3.05, 3.63) is 412 Å². The second-order valence-electron chi connectivity index (χ2n) is 32.4. The van der Waals surface area contributed by atoms with Crippen LogP contribution in [0.2, 0.25) is 0 Å². The van der Waals surface area contributed by atoms with Crippen molar-refractivity contribution in [2.45, 2.75) is 19.3 Å². The second-order valence-corrected chi connectivity index (χ2v) is 32.4. The topological polar surface area (TPSA) is 42.6 Å². The van der Waals surface area contributed by atoms with Gasteiger partial charge in [0.1, 0.15) is 22.3 Å². The summed E-state index contributed by atoms with van der Waals surface area (Å²) in [6.07, 6.45) is 0. The summed E-state index contributed by atoms with van der Waals surface area (Å²) < 4.78 is 18.6. The molecule has 0 bridgehead atoms. The van der Waals surface area contributed by atoms with Crippen molar-refractivity contribution in [2.75, 3.05) is 9.80 Å². The van der Waals surface area contributed by atoms with Crippen molar-refractivity contribution in [1.29, 1.82) is 0 Å². The molecular weight excluding hydrogens is 1450 g/mol. The van der Waals surface area contributed by atoms with Crippen LogP contribution >= 0.6 is 0 Å². The first kappa shape index (κ1) is 66.9. The van der Waals surface area contributed by atoms with Crippen LogP contribution in [0, 0.1) is 0 Å². The third-order valence-electron chi connectivity index (χ3n) is 25.8. The van der Waals surface area contributed by atoms with Gasteiger partial charge in [-0.1, -0.05) is 293 Å². The minimum Gasteiger partial charge on any atom is -0.455 e. The molecule has 0 saturated heterocycles. The molecule has 0 atom stereocenters. The van der Waals surface area contributed by atoms with Crippen molar-refractivity contribution >= 4 is 143 Å². The van der Waals surface area contributed by atoms with E-state index in [1.54, 1.807) is 0 Å². The molecule has 23 aromatic rings. The average Bonchev–Trinajstić information content (AvgIpc) is 1.52. The number of nitrogens with zero attached hydrogens (tertiary/aromatic N) is 4. The first-order valence-corrected chi connectivity index (χ1v) is 41.1. The Morgan fingerprint density at radius 1 is 0.218 bits per heavy atom. The number of furan rings is 2. The van der Waals surface area contributed by atoms with E-state index < -0.39 is 0 Å². The van der Waals surface area contributed by atoms with Gasteiger partial charge < -0.3 is 27.8 Å². The van der Waals surface area contributed by atoms with Crippen LogP contribution in [0.3, 0.4) is 0 Å². The molecule has 119 heavy (non-hydrogen) atoms. The monoisotopic (exact) mass is 1520 g/mol. The third-order valence-corrected chi connectivity index (χ3v) is 25.8. The Balaban J connectivity index is 0.000000134. The zero-order chi connectivity index (χ0) is 78.3. The van der Waals surface area contributed by atoms with Crippen LogP contribution < -0.4 is 9.80 Å². The van der Waals surface area contributed by atoms with Gasteiger partial charge in [0.05, 0.1) is 32.8 Å². The summed E-state index contributed by atoms with van der Waals surface area (Å²) in [6, 6.07) is 146. The molecule has 6 heteroatoms. The Hall–Kier alpha value is -15.5. The van der Waals surface area contributed by atoms with Crippen molar-refractivity contribution in [1.82, 2.24) is 9.13 Å². The lowest BCUT2D eigenvalue weighted by Crippen LogP contribution is -2.16. The summed E-state index contributed by atoms with van der Waals surface area (Å²) >= 11 is 0. The number of fused-ring (bicyclic) bond motifs is 19. The molecule has 3 aliphatic carbocycles. The third kappa shape index (κ3) is 9.83. The van der Waals surface area contributed by atoms with E-state index in [-0.39, 0.29) is 5.41 Å². The Bertz CT molecular complexity index is 8110. The number of anilines is 6. The standard InChI is InChI=1S/C61H40N2O.C52H32N2O/c1-61(2)51-23-10-8-18-45(51)46-35-34-42(36-52(46)61)62(39-14-4-3-5-15-39)40-30-26-37(27-31-40)38-28-32-41(33-29-38)63-53-24-13-21-48-44-17-7-6-16-43(44)47-20-12-22-50-55(47)58(56(48)53)59(63)57-49-19-9-11-25-54(49)64-60(50)57;1-3-13-35(14-4-1)53(36-15-5-2-6-16-36)37-29-25-33(26-30-37)34-27-31-38(32-28-34)54-45-23-12-21-42-40-18-8-7-17-39(40)41-20-11-22-44-47(41)50(48(42)45)51(54)49-43-19-9-10-24-46(43)55-52(44)49/h3-36H,1-2H3;1-32H. The zero-order valence-corrected chi connectivity index (χ0v) is 65.2. The van der Waals surface area contributed by atoms with E-state index >= 15 is 0 Å². The lowest BCUT2D eigenvalue weighted by atomic mass is 9.82. The maximum absolute atomic E-state index is 6.85. The molecule has 0 saturated carbocycles. The fourth-order valence-electron chi connectivity index (χ4n) is 20.6. The smallest absolute Gasteiger partial charge is 0.145 e. The highest BCUT2D eigenvalue weighted by atomic mass is 16.3. The minimum absolute atomic E-state index is 0.0855. The van der Waals surface area contributed by atoms with Crippen molar-refractivity contribution in [3.63, 3.8) is 0 Å². The van der Waals surface area contributed by atoms with Gasteiger partial charge >= 0.3 is 0 Å². The molecule has 19 aromatic carbocycles. The van der Waals surface area contributed by atoms with Crippen LogP contribution in [-0.4, -0.2) is 9.13 Å². The van der Waals surface area contributed by atoms with Gasteiger partial charge in [0, 0.05) is 105 Å². The number of hydrogen-bond donors (Lipinski definition) is 0. The Labute approximate surface area is 686 Å². The van der Waals surface area contributed by atoms with Crippen LogP contribution in [0.25, 0.3) is 198 Å². The molecule has 556 valence electrons. The summed E-state index contributed by atoms with van der Waals surface area (Å²) in [5.74, 6) is 0. The molecule has 6 nitrogen and oxygen atoms in total. The van der Waals surface area contributed by atoms with Gasteiger partial charge in [0.15, 0.2) is 0 Å². The van der Waals surface area contributed by atoms with E-state index in [1.807, 2.05) is 0 Å². The maximum Gasteiger partial charge on any atom is 0.145 e. The van der Waals surface area contributed by atoms with Crippen LogP contribution in [0.1, 0.15) is 25.0 Å². The number of hydrogen-bond acceptors (Lipinski definition) is 4. The van der Waals surface area contributed by atoms with Gasteiger partial charge in [0.2, 0.25) is 0 Å². The van der Waals surface area contributed by atoms with Crippen LogP contribution in [0.5, 0.6) is 0 Å². The fourth-order valence-corrected chi connectivity index (χ4v) is 20.6. The van der Waals surface area contributed by atoms with Gasteiger partial charge in [-0.2, -0.15) is 0 Å². The molecule has 0 aliphatic heterocycles. The molecule has 26 rings (SSSR count). The van der Waals surface area contributed by atoms with Crippen molar-refractivity contribution in [3.8, 4) is 89.3 Å². The first-order valence-electron chi connectivity index (χ1n) is 41.1. The van der Waals surface area contributed by atoms with Gasteiger partial charge in [-0.15, -0.1) is 0 Å². The lowest BCUT2D eigenvalue weighted by Gasteiger charge is -2.28. The van der Waals surface area contributed by atoms with E-state index in [0.29, 0.717) is 0 Å². The highest BCUT2D eigenvalue weighted by molar-refractivity contribution is 6.42. The molecular formula is C113H72N4O2. The number of aromatic nitrogens is 2. The molecule has 0 spiro atoms. The second kappa shape index (κ2) is 25.8.